The highest BCUT2D eigenvalue weighted by Crippen LogP contribution is 2.22. The van der Waals surface area contributed by atoms with Crippen LogP contribution in [0.5, 0.6) is 0 Å². The fraction of sp³-hybridized carbons (Fsp3) is 0.118. The summed E-state index contributed by atoms with van der Waals surface area (Å²) < 4.78 is 15.4. The minimum atomic E-state index is -0.421. The summed E-state index contributed by atoms with van der Waals surface area (Å²) in [4.78, 5) is 0. The summed E-state index contributed by atoms with van der Waals surface area (Å²) in [7, 11) is 0. The van der Waals surface area contributed by atoms with E-state index >= 15 is 0 Å². The molecule has 0 atom stereocenters. The van der Waals surface area contributed by atoms with Gasteiger partial charge in [0.15, 0.2) is 5.82 Å². The topological polar surface area (TPSA) is 43.1 Å². The monoisotopic (exact) mass is 360 g/mol. The number of benzene rings is 2. The molecule has 24 heavy (non-hydrogen) atoms. The van der Waals surface area contributed by atoms with Crippen molar-refractivity contribution in [3.05, 3.63) is 76.3 Å². The molecule has 0 saturated carbocycles. The van der Waals surface area contributed by atoms with Crippen molar-refractivity contribution in [2.45, 2.75) is 17.8 Å². The van der Waals surface area contributed by atoms with E-state index in [2.05, 4.69) is 15.3 Å². The Labute approximate surface area is 148 Å². The average Bonchev–Trinajstić information content (AvgIpc) is 2.94. The van der Waals surface area contributed by atoms with Crippen molar-refractivity contribution in [1.29, 1.82) is 0 Å². The van der Waals surface area contributed by atoms with Crippen LogP contribution in [0.15, 0.2) is 58.8 Å². The number of aromatic nitrogens is 3. The molecule has 0 fully saturated rings. The zero-order chi connectivity index (χ0) is 16.9. The lowest BCUT2D eigenvalue weighted by molar-refractivity contribution is 0.625. The van der Waals surface area contributed by atoms with Gasteiger partial charge >= 0.3 is 0 Å². The standard InChI is InChI=1S/C17H14ClFN4S/c1-12-21-22-17(24-11-13-6-3-2-4-7-13)23(12)20-10-14-15(18)8-5-9-16(14)19/h2-10H,11H2,1H3/b20-10-. The minimum Gasteiger partial charge on any atom is -0.206 e. The Hall–Kier alpha value is -2.18. The lowest BCUT2D eigenvalue weighted by Crippen LogP contribution is -1.98. The zero-order valence-corrected chi connectivity index (χ0v) is 14.4. The van der Waals surface area contributed by atoms with E-state index in [-0.39, 0.29) is 5.56 Å². The Bertz CT molecular complexity index is 844. The number of nitrogens with zero attached hydrogens (tertiary/aromatic N) is 4. The van der Waals surface area contributed by atoms with Gasteiger partial charge in [-0.2, -0.15) is 9.78 Å². The Morgan fingerprint density at radius 3 is 2.71 bits per heavy atom. The molecular weight excluding hydrogens is 347 g/mol. The summed E-state index contributed by atoms with van der Waals surface area (Å²) in [6.07, 6.45) is 1.39. The fourth-order valence-corrected chi connectivity index (χ4v) is 3.13. The summed E-state index contributed by atoms with van der Waals surface area (Å²) in [6.45, 7) is 1.79. The van der Waals surface area contributed by atoms with Crippen LogP contribution in [0, 0.1) is 12.7 Å². The number of thioether (sulfide) groups is 1. The molecule has 3 aromatic rings. The third kappa shape index (κ3) is 3.83. The third-order valence-electron chi connectivity index (χ3n) is 3.28. The van der Waals surface area contributed by atoms with Crippen molar-refractivity contribution < 1.29 is 4.39 Å². The van der Waals surface area contributed by atoms with Gasteiger partial charge in [0.1, 0.15) is 5.82 Å². The van der Waals surface area contributed by atoms with E-state index < -0.39 is 5.82 Å². The van der Waals surface area contributed by atoms with Crippen molar-refractivity contribution in [2.24, 2.45) is 5.10 Å². The number of aryl methyl sites for hydroxylation is 1. The largest absolute Gasteiger partial charge is 0.212 e. The predicted molar refractivity (Wildman–Crippen MR) is 95.2 cm³/mol. The van der Waals surface area contributed by atoms with Gasteiger partial charge in [0, 0.05) is 11.3 Å². The Kier molecular flexibility index (Phi) is 5.27. The predicted octanol–water partition coefficient (Wildman–Crippen LogP) is 4.55. The summed E-state index contributed by atoms with van der Waals surface area (Å²) in [5.41, 5.74) is 1.42. The van der Waals surface area contributed by atoms with Crippen molar-refractivity contribution >= 4 is 29.6 Å². The molecule has 0 aliphatic carbocycles. The van der Waals surface area contributed by atoms with Crippen LogP contribution in [-0.2, 0) is 5.75 Å². The van der Waals surface area contributed by atoms with E-state index in [4.69, 9.17) is 11.6 Å². The Morgan fingerprint density at radius 2 is 1.96 bits per heavy atom. The first-order chi connectivity index (χ1) is 11.6. The minimum absolute atomic E-state index is 0.242. The van der Waals surface area contributed by atoms with Crippen LogP contribution in [0.2, 0.25) is 5.02 Å². The maximum Gasteiger partial charge on any atom is 0.212 e. The SMILES string of the molecule is Cc1nnc(SCc2ccccc2)n1/N=C\c1c(F)cccc1Cl. The fourth-order valence-electron chi connectivity index (χ4n) is 2.03. The lowest BCUT2D eigenvalue weighted by atomic mass is 10.2. The van der Waals surface area contributed by atoms with Gasteiger partial charge in [-0.05, 0) is 24.6 Å². The highest BCUT2D eigenvalue weighted by molar-refractivity contribution is 7.98. The third-order valence-corrected chi connectivity index (χ3v) is 4.60. The van der Waals surface area contributed by atoms with Crippen LogP contribution in [0.4, 0.5) is 4.39 Å². The van der Waals surface area contributed by atoms with Crippen molar-refractivity contribution in [1.82, 2.24) is 14.9 Å². The maximum absolute atomic E-state index is 13.8. The molecule has 0 amide bonds. The van der Waals surface area contributed by atoms with Crippen LogP contribution in [-0.4, -0.2) is 21.1 Å². The van der Waals surface area contributed by atoms with Crippen molar-refractivity contribution in [3.63, 3.8) is 0 Å². The van der Waals surface area contributed by atoms with E-state index in [9.17, 15) is 4.39 Å². The Balaban J connectivity index is 1.81. The maximum atomic E-state index is 13.8. The summed E-state index contributed by atoms with van der Waals surface area (Å²) in [5, 5.41) is 13.4. The van der Waals surface area contributed by atoms with Gasteiger partial charge in [0.05, 0.1) is 11.2 Å². The molecule has 0 aliphatic heterocycles. The number of rotatable bonds is 5. The Morgan fingerprint density at radius 1 is 1.17 bits per heavy atom. The van der Waals surface area contributed by atoms with Gasteiger partial charge < -0.3 is 0 Å². The first kappa shape index (κ1) is 16.7. The van der Waals surface area contributed by atoms with Crippen LogP contribution >= 0.6 is 23.4 Å². The molecule has 0 spiro atoms. The summed E-state index contributed by atoms with van der Waals surface area (Å²) in [5.74, 6) is 0.944. The molecular formula is C17H14ClFN4S. The molecule has 0 radical (unpaired) electrons. The molecule has 0 N–H and O–H groups in total. The quantitative estimate of drug-likeness (QED) is 0.495. The van der Waals surface area contributed by atoms with E-state index in [1.807, 2.05) is 30.3 Å². The van der Waals surface area contributed by atoms with E-state index in [1.165, 1.54) is 29.6 Å². The normalized spacial score (nSPS) is 11.3. The highest BCUT2D eigenvalue weighted by atomic mass is 35.5. The van der Waals surface area contributed by atoms with Gasteiger partial charge in [0.25, 0.3) is 0 Å². The molecule has 7 heteroatoms. The van der Waals surface area contributed by atoms with Gasteiger partial charge in [0.2, 0.25) is 5.16 Å². The van der Waals surface area contributed by atoms with Gasteiger partial charge in [-0.15, -0.1) is 10.2 Å². The van der Waals surface area contributed by atoms with E-state index in [0.717, 1.165) is 5.75 Å². The smallest absolute Gasteiger partial charge is 0.206 e. The molecule has 1 aromatic heterocycles. The van der Waals surface area contributed by atoms with Crippen LogP contribution in [0.3, 0.4) is 0 Å². The van der Waals surface area contributed by atoms with Crippen molar-refractivity contribution in [3.8, 4) is 0 Å². The first-order valence-electron chi connectivity index (χ1n) is 7.22. The number of hydrogen-bond donors (Lipinski definition) is 0. The second-order valence-electron chi connectivity index (χ2n) is 5.00. The molecule has 0 aliphatic rings. The molecule has 1 heterocycles. The van der Waals surface area contributed by atoms with Gasteiger partial charge in [-0.3, -0.25) is 0 Å². The summed E-state index contributed by atoms with van der Waals surface area (Å²) >= 11 is 7.53. The van der Waals surface area contributed by atoms with Crippen molar-refractivity contribution in [2.75, 3.05) is 0 Å². The zero-order valence-electron chi connectivity index (χ0n) is 12.9. The van der Waals surface area contributed by atoms with Crippen LogP contribution in [0.1, 0.15) is 17.0 Å². The lowest BCUT2D eigenvalue weighted by Gasteiger charge is -2.03. The number of hydrogen-bond acceptors (Lipinski definition) is 4. The molecule has 0 bridgehead atoms. The second-order valence-corrected chi connectivity index (χ2v) is 6.35. The second kappa shape index (κ2) is 7.59. The molecule has 4 nitrogen and oxygen atoms in total. The molecule has 2 aromatic carbocycles. The number of halogens is 2. The van der Waals surface area contributed by atoms with Crippen LogP contribution in [0.25, 0.3) is 0 Å². The first-order valence-corrected chi connectivity index (χ1v) is 8.58. The molecule has 0 saturated heterocycles. The average molecular weight is 361 g/mol. The molecule has 122 valence electrons. The van der Waals surface area contributed by atoms with Crippen LogP contribution < -0.4 is 0 Å². The van der Waals surface area contributed by atoms with Gasteiger partial charge in [-0.25, -0.2) is 4.39 Å². The van der Waals surface area contributed by atoms with E-state index in [1.54, 1.807) is 23.7 Å². The molecule has 3 rings (SSSR count). The van der Waals surface area contributed by atoms with Gasteiger partial charge in [-0.1, -0.05) is 59.8 Å². The van der Waals surface area contributed by atoms with E-state index in [0.29, 0.717) is 16.0 Å². The summed E-state index contributed by atoms with van der Waals surface area (Å²) in [6, 6.07) is 14.6. The molecule has 0 unspecified atom stereocenters. The highest BCUT2D eigenvalue weighted by Gasteiger charge is 2.10.